The van der Waals surface area contributed by atoms with Crippen LogP contribution < -0.4 is 0 Å². The molecule has 1 aromatic rings. The quantitative estimate of drug-likeness (QED) is 0.809. The van der Waals surface area contributed by atoms with E-state index in [1.807, 2.05) is 13.0 Å². The first-order chi connectivity index (χ1) is 12.8. The molecule has 5 rings (SSSR count). The number of carbonyl (C=O) groups excluding carboxylic acids is 1. The number of carbonyl (C=O) groups is 1. The van der Waals surface area contributed by atoms with Gasteiger partial charge in [-0.15, -0.1) is 0 Å². The van der Waals surface area contributed by atoms with E-state index in [0.29, 0.717) is 24.1 Å². The molecular formula is C22H30N2O3. The van der Waals surface area contributed by atoms with E-state index in [4.69, 9.17) is 4.52 Å². The Kier molecular flexibility index (Phi) is 3.75. The van der Waals surface area contributed by atoms with E-state index in [1.165, 1.54) is 12.0 Å². The zero-order chi connectivity index (χ0) is 19.0. The van der Waals surface area contributed by atoms with E-state index >= 15 is 0 Å². The third-order valence-corrected chi connectivity index (χ3v) is 8.73. The monoisotopic (exact) mass is 370 g/mol. The third-order valence-electron chi connectivity index (χ3n) is 8.73. The van der Waals surface area contributed by atoms with Gasteiger partial charge in [-0.05, 0) is 80.1 Å². The molecule has 3 fully saturated rings. The number of fused-ring (bicyclic) bond motifs is 5. The summed E-state index contributed by atoms with van der Waals surface area (Å²) < 4.78 is 5.56. The Hall–Kier alpha value is -1.49. The number of hydrogen-bond acceptors (Lipinski definition) is 5. The Morgan fingerprint density at radius 1 is 1.22 bits per heavy atom. The van der Waals surface area contributed by atoms with Gasteiger partial charge in [0, 0.05) is 12.3 Å². The van der Waals surface area contributed by atoms with Gasteiger partial charge < -0.3 is 9.63 Å². The largest absolute Gasteiger partial charge is 0.393 e. The molecule has 4 aliphatic rings. The Morgan fingerprint density at radius 3 is 2.78 bits per heavy atom. The van der Waals surface area contributed by atoms with Crippen molar-refractivity contribution in [1.29, 1.82) is 0 Å². The highest BCUT2D eigenvalue weighted by molar-refractivity contribution is 5.91. The summed E-state index contributed by atoms with van der Waals surface area (Å²) in [6.07, 6.45) is 8.22. The molecule has 3 saturated carbocycles. The number of aliphatic hydroxyl groups is 1. The van der Waals surface area contributed by atoms with Crippen LogP contribution in [0.3, 0.4) is 0 Å². The fourth-order valence-electron chi connectivity index (χ4n) is 7.55. The molecule has 0 spiro atoms. The lowest BCUT2D eigenvalue weighted by Crippen LogP contribution is -2.56. The molecule has 1 heterocycles. The number of ketones is 1. The Morgan fingerprint density at radius 2 is 2.04 bits per heavy atom. The second kappa shape index (κ2) is 5.76. The van der Waals surface area contributed by atoms with E-state index in [0.717, 1.165) is 38.0 Å². The van der Waals surface area contributed by atoms with Crippen molar-refractivity contribution < 1.29 is 14.4 Å². The van der Waals surface area contributed by atoms with Crippen LogP contribution in [0.15, 0.2) is 16.2 Å². The van der Waals surface area contributed by atoms with Gasteiger partial charge in [0.15, 0.2) is 11.6 Å². The molecule has 0 bridgehead atoms. The fourth-order valence-corrected chi connectivity index (χ4v) is 7.55. The average Bonchev–Trinajstić information content (AvgIpc) is 3.17. The molecule has 0 aromatic carbocycles. The van der Waals surface area contributed by atoms with Gasteiger partial charge in [-0.3, -0.25) is 4.79 Å². The summed E-state index contributed by atoms with van der Waals surface area (Å²) >= 11 is 0. The second-order valence-electron chi connectivity index (χ2n) is 9.98. The molecule has 7 atom stereocenters. The molecule has 0 aliphatic heterocycles. The van der Waals surface area contributed by atoms with Crippen molar-refractivity contribution in [3.8, 4) is 0 Å². The highest BCUT2D eigenvalue weighted by Crippen LogP contribution is 2.68. The molecule has 1 N–H and O–H groups in total. The summed E-state index contributed by atoms with van der Waals surface area (Å²) in [7, 11) is 0. The molecule has 5 heteroatoms. The van der Waals surface area contributed by atoms with Crippen molar-refractivity contribution >= 4 is 5.78 Å². The van der Waals surface area contributed by atoms with Crippen LogP contribution in [0.1, 0.15) is 76.4 Å². The minimum absolute atomic E-state index is 0.0155. The number of rotatable bonds is 1. The van der Waals surface area contributed by atoms with Crippen LogP contribution in [0.5, 0.6) is 0 Å². The molecule has 1 aromatic heterocycles. The summed E-state index contributed by atoms with van der Waals surface area (Å²) in [5.74, 6) is 3.34. The van der Waals surface area contributed by atoms with Gasteiger partial charge in [-0.25, -0.2) is 0 Å². The van der Waals surface area contributed by atoms with E-state index < -0.39 is 0 Å². The first-order valence-electron chi connectivity index (χ1n) is 10.5. The second-order valence-corrected chi connectivity index (χ2v) is 9.98. The molecule has 0 saturated heterocycles. The maximum absolute atomic E-state index is 12.0. The zero-order valence-electron chi connectivity index (χ0n) is 16.6. The van der Waals surface area contributed by atoms with Crippen molar-refractivity contribution in [3.63, 3.8) is 0 Å². The van der Waals surface area contributed by atoms with E-state index in [9.17, 15) is 9.90 Å². The minimum atomic E-state index is -0.331. The molecular weight excluding hydrogens is 340 g/mol. The average molecular weight is 370 g/mol. The van der Waals surface area contributed by atoms with Crippen molar-refractivity contribution in [3.05, 3.63) is 23.4 Å². The molecule has 146 valence electrons. The standard InChI is InChI=1S/C22H30N2O3/c1-12-23-20(27-24-12)17-7-6-16-15-5-4-13-10-14(25)8-9-21(13,2)19(15)18(26)11-22(16,17)3/h10,15-19,26H,4-9,11H2,1-3H3/t15-,16-,17+,18-,19+,21-,22-/m0/s1. The number of nitrogens with zero attached hydrogens (tertiary/aromatic N) is 2. The lowest BCUT2D eigenvalue weighted by atomic mass is 9.46. The third kappa shape index (κ3) is 2.36. The van der Waals surface area contributed by atoms with Crippen LogP contribution in [-0.4, -0.2) is 27.1 Å². The van der Waals surface area contributed by atoms with Gasteiger partial charge in [-0.2, -0.15) is 4.98 Å². The number of allylic oxidation sites excluding steroid dienone is 1. The van der Waals surface area contributed by atoms with Gasteiger partial charge in [0.25, 0.3) is 0 Å². The summed E-state index contributed by atoms with van der Waals surface area (Å²) in [5.41, 5.74) is 1.29. The van der Waals surface area contributed by atoms with Gasteiger partial charge >= 0.3 is 0 Å². The molecule has 0 radical (unpaired) electrons. The van der Waals surface area contributed by atoms with E-state index in [2.05, 4.69) is 24.0 Å². The van der Waals surface area contributed by atoms with Gasteiger partial charge in [0.05, 0.1) is 6.10 Å². The van der Waals surface area contributed by atoms with Gasteiger partial charge in [0.2, 0.25) is 5.89 Å². The van der Waals surface area contributed by atoms with Crippen LogP contribution in [-0.2, 0) is 4.79 Å². The summed E-state index contributed by atoms with van der Waals surface area (Å²) in [4.78, 5) is 16.5. The van der Waals surface area contributed by atoms with E-state index in [-0.39, 0.29) is 34.6 Å². The number of aryl methyl sites for hydroxylation is 1. The first-order valence-corrected chi connectivity index (χ1v) is 10.5. The molecule has 0 unspecified atom stereocenters. The SMILES string of the molecule is Cc1noc([C@H]2CC[C@H]3[C@@H]4CCC5=CC(=O)CC[C@]5(C)[C@H]4[C@@H](O)C[C@]23C)n1. The van der Waals surface area contributed by atoms with Crippen LogP contribution in [0, 0.1) is 35.5 Å². The molecule has 0 amide bonds. The Labute approximate surface area is 160 Å². The normalized spacial score (nSPS) is 46.4. The van der Waals surface area contributed by atoms with Crippen molar-refractivity contribution in [2.45, 2.75) is 77.7 Å². The van der Waals surface area contributed by atoms with Gasteiger partial charge in [0.1, 0.15) is 0 Å². The lowest BCUT2D eigenvalue weighted by Gasteiger charge is -2.59. The number of aromatic nitrogens is 2. The van der Waals surface area contributed by atoms with Crippen LogP contribution in [0.2, 0.25) is 0 Å². The summed E-state index contributed by atoms with van der Waals surface area (Å²) in [5, 5.41) is 15.4. The topological polar surface area (TPSA) is 76.2 Å². The van der Waals surface area contributed by atoms with Crippen molar-refractivity contribution in [1.82, 2.24) is 10.1 Å². The highest BCUT2D eigenvalue weighted by Gasteiger charge is 2.62. The van der Waals surface area contributed by atoms with E-state index in [1.54, 1.807) is 0 Å². The Bertz CT molecular complexity index is 814. The predicted molar refractivity (Wildman–Crippen MR) is 99.9 cm³/mol. The molecule has 4 aliphatic carbocycles. The smallest absolute Gasteiger partial charge is 0.230 e. The van der Waals surface area contributed by atoms with Crippen molar-refractivity contribution in [2.24, 2.45) is 28.6 Å². The summed E-state index contributed by atoms with van der Waals surface area (Å²) in [6, 6.07) is 0. The fraction of sp³-hybridized carbons (Fsp3) is 0.773. The summed E-state index contributed by atoms with van der Waals surface area (Å²) in [6.45, 7) is 6.52. The van der Waals surface area contributed by atoms with Crippen molar-refractivity contribution in [2.75, 3.05) is 0 Å². The maximum Gasteiger partial charge on any atom is 0.230 e. The van der Waals surface area contributed by atoms with Gasteiger partial charge in [-0.1, -0.05) is 24.6 Å². The van der Waals surface area contributed by atoms with Crippen LogP contribution >= 0.6 is 0 Å². The molecule has 5 nitrogen and oxygen atoms in total. The zero-order valence-corrected chi connectivity index (χ0v) is 16.6. The number of aliphatic hydroxyl groups excluding tert-OH is 1. The predicted octanol–water partition coefficient (Wildman–Crippen LogP) is 3.96. The van der Waals surface area contributed by atoms with Crippen LogP contribution in [0.4, 0.5) is 0 Å². The first kappa shape index (κ1) is 17.6. The lowest BCUT2D eigenvalue weighted by molar-refractivity contribution is -0.130. The molecule has 27 heavy (non-hydrogen) atoms. The Balaban J connectivity index is 1.51. The minimum Gasteiger partial charge on any atom is -0.393 e. The highest BCUT2D eigenvalue weighted by atomic mass is 16.5. The number of hydrogen-bond donors (Lipinski definition) is 1. The van der Waals surface area contributed by atoms with Crippen LogP contribution in [0.25, 0.3) is 0 Å². The maximum atomic E-state index is 12.0.